The molecule has 2 aliphatic rings. The summed E-state index contributed by atoms with van der Waals surface area (Å²) in [6.45, 7) is 3.62. The Morgan fingerprint density at radius 3 is 3.29 bits per heavy atom. The van der Waals surface area contributed by atoms with E-state index in [-0.39, 0.29) is 0 Å². The van der Waals surface area contributed by atoms with Gasteiger partial charge in [-0.25, -0.2) is 0 Å². The lowest BCUT2D eigenvalue weighted by molar-refractivity contribution is 0.167. The molecule has 92 valence electrons. The Labute approximate surface area is 102 Å². The Balaban J connectivity index is 1.62. The fourth-order valence-corrected chi connectivity index (χ4v) is 2.47. The van der Waals surface area contributed by atoms with E-state index in [1.807, 2.05) is 0 Å². The van der Waals surface area contributed by atoms with Gasteiger partial charge in [0.05, 0.1) is 13.2 Å². The highest BCUT2D eigenvalue weighted by atomic mass is 16.5. The summed E-state index contributed by atoms with van der Waals surface area (Å²) in [5, 5.41) is 3.41. The largest absolute Gasteiger partial charge is 0.493 e. The van der Waals surface area contributed by atoms with Gasteiger partial charge in [0.25, 0.3) is 0 Å². The normalized spacial score (nSPS) is 22.9. The molecular weight excluding hydrogens is 214 g/mol. The molecule has 2 heterocycles. The zero-order chi connectivity index (χ0) is 11.5. The van der Waals surface area contributed by atoms with E-state index < -0.39 is 0 Å². The molecule has 17 heavy (non-hydrogen) atoms. The summed E-state index contributed by atoms with van der Waals surface area (Å²) in [5.74, 6) is 1.57. The lowest BCUT2D eigenvalue weighted by atomic mass is 10.0. The van der Waals surface area contributed by atoms with Crippen LogP contribution in [-0.4, -0.2) is 26.4 Å². The third kappa shape index (κ3) is 2.55. The number of benzene rings is 1. The van der Waals surface area contributed by atoms with Crippen LogP contribution in [0.3, 0.4) is 0 Å². The van der Waals surface area contributed by atoms with E-state index in [1.165, 1.54) is 17.7 Å². The van der Waals surface area contributed by atoms with Gasteiger partial charge >= 0.3 is 0 Å². The third-order valence-electron chi connectivity index (χ3n) is 3.52. The van der Waals surface area contributed by atoms with E-state index in [9.17, 15) is 0 Å². The van der Waals surface area contributed by atoms with Crippen molar-refractivity contribution in [2.75, 3.05) is 31.7 Å². The van der Waals surface area contributed by atoms with Gasteiger partial charge in [0.15, 0.2) is 0 Å². The van der Waals surface area contributed by atoms with Gasteiger partial charge in [0.2, 0.25) is 0 Å². The minimum absolute atomic E-state index is 0.573. The van der Waals surface area contributed by atoms with Crippen molar-refractivity contribution in [1.82, 2.24) is 0 Å². The number of nitrogens with one attached hydrogen (secondary N) is 1. The summed E-state index contributed by atoms with van der Waals surface area (Å²) < 4.78 is 11.2. The van der Waals surface area contributed by atoms with Crippen LogP contribution in [0.1, 0.15) is 18.4 Å². The fourth-order valence-electron chi connectivity index (χ4n) is 2.47. The minimum atomic E-state index is 0.573. The second kappa shape index (κ2) is 4.96. The van der Waals surface area contributed by atoms with Crippen LogP contribution in [0.25, 0.3) is 0 Å². The quantitative estimate of drug-likeness (QED) is 0.870. The first-order valence-corrected chi connectivity index (χ1v) is 6.49. The van der Waals surface area contributed by atoms with Crippen molar-refractivity contribution >= 4 is 5.69 Å². The van der Waals surface area contributed by atoms with Crippen LogP contribution in [0.5, 0.6) is 5.75 Å². The molecule has 3 nitrogen and oxygen atoms in total. The van der Waals surface area contributed by atoms with Gasteiger partial charge in [0, 0.05) is 24.8 Å². The first-order chi connectivity index (χ1) is 8.42. The van der Waals surface area contributed by atoms with Crippen LogP contribution in [0.2, 0.25) is 0 Å². The minimum Gasteiger partial charge on any atom is -0.493 e. The zero-order valence-corrected chi connectivity index (χ0v) is 10.1. The predicted octanol–water partition coefficient (Wildman–Crippen LogP) is 2.46. The molecule has 2 aliphatic heterocycles. The molecule has 1 unspecified atom stereocenters. The number of ether oxygens (including phenoxy) is 2. The van der Waals surface area contributed by atoms with Gasteiger partial charge in [-0.05, 0) is 43.0 Å². The van der Waals surface area contributed by atoms with E-state index in [1.54, 1.807) is 0 Å². The van der Waals surface area contributed by atoms with Crippen molar-refractivity contribution in [3.63, 3.8) is 0 Å². The monoisotopic (exact) mass is 233 g/mol. The third-order valence-corrected chi connectivity index (χ3v) is 3.52. The van der Waals surface area contributed by atoms with E-state index >= 15 is 0 Å². The van der Waals surface area contributed by atoms with E-state index in [0.717, 1.165) is 45.0 Å². The van der Waals surface area contributed by atoms with Gasteiger partial charge in [-0.15, -0.1) is 0 Å². The molecule has 0 radical (unpaired) electrons. The lowest BCUT2D eigenvalue weighted by Gasteiger charge is -2.19. The highest BCUT2D eigenvalue weighted by molar-refractivity contribution is 5.55. The number of aryl methyl sites for hydroxylation is 1. The van der Waals surface area contributed by atoms with Crippen molar-refractivity contribution in [3.05, 3.63) is 23.8 Å². The molecule has 1 saturated heterocycles. The van der Waals surface area contributed by atoms with Gasteiger partial charge in [-0.3, -0.25) is 0 Å². The molecule has 1 fully saturated rings. The number of hydrogen-bond donors (Lipinski definition) is 1. The molecule has 1 aromatic rings. The maximum Gasteiger partial charge on any atom is 0.119 e. The number of anilines is 1. The van der Waals surface area contributed by atoms with Gasteiger partial charge < -0.3 is 14.8 Å². The molecule has 0 spiro atoms. The van der Waals surface area contributed by atoms with E-state index in [2.05, 4.69) is 23.5 Å². The van der Waals surface area contributed by atoms with Crippen molar-refractivity contribution < 1.29 is 9.47 Å². The molecule has 1 N–H and O–H groups in total. The summed E-state index contributed by atoms with van der Waals surface area (Å²) >= 11 is 0. The summed E-state index contributed by atoms with van der Waals surface area (Å²) in [6.07, 6.45) is 3.51. The van der Waals surface area contributed by atoms with E-state index in [4.69, 9.17) is 9.47 Å². The molecule has 1 aromatic carbocycles. The SMILES string of the molecule is c1cc2c(cc1OCC1CCOC1)CCCN2. The van der Waals surface area contributed by atoms with Crippen molar-refractivity contribution in [1.29, 1.82) is 0 Å². The average Bonchev–Trinajstić information content (AvgIpc) is 2.89. The fraction of sp³-hybridized carbons (Fsp3) is 0.571. The van der Waals surface area contributed by atoms with Crippen molar-refractivity contribution in [2.24, 2.45) is 5.92 Å². The van der Waals surface area contributed by atoms with Crippen LogP contribution in [0, 0.1) is 5.92 Å². The van der Waals surface area contributed by atoms with Gasteiger partial charge in [0.1, 0.15) is 5.75 Å². The molecule has 0 amide bonds. The van der Waals surface area contributed by atoms with Crippen LogP contribution in [-0.2, 0) is 11.2 Å². The predicted molar refractivity (Wildman–Crippen MR) is 67.7 cm³/mol. The molecule has 0 aliphatic carbocycles. The van der Waals surface area contributed by atoms with Crippen LogP contribution in [0.4, 0.5) is 5.69 Å². The Hall–Kier alpha value is -1.22. The Bertz CT molecular complexity index is 386. The van der Waals surface area contributed by atoms with Crippen molar-refractivity contribution in [2.45, 2.75) is 19.3 Å². The zero-order valence-electron chi connectivity index (χ0n) is 10.1. The molecule has 1 atom stereocenters. The van der Waals surface area contributed by atoms with Gasteiger partial charge in [-0.1, -0.05) is 0 Å². The van der Waals surface area contributed by atoms with Crippen LogP contribution in [0.15, 0.2) is 18.2 Å². The number of fused-ring (bicyclic) bond motifs is 1. The second-order valence-corrected chi connectivity index (χ2v) is 4.89. The molecule has 3 rings (SSSR count). The number of rotatable bonds is 3. The molecule has 0 aromatic heterocycles. The Morgan fingerprint density at radius 1 is 1.41 bits per heavy atom. The maximum atomic E-state index is 5.85. The highest BCUT2D eigenvalue weighted by Gasteiger charge is 2.16. The summed E-state index contributed by atoms with van der Waals surface area (Å²) in [6, 6.07) is 6.37. The lowest BCUT2D eigenvalue weighted by Crippen LogP contribution is -2.13. The average molecular weight is 233 g/mol. The molecular formula is C14H19NO2. The molecule has 0 saturated carbocycles. The molecule has 0 bridgehead atoms. The maximum absolute atomic E-state index is 5.85. The van der Waals surface area contributed by atoms with Crippen LogP contribution >= 0.6 is 0 Å². The first-order valence-electron chi connectivity index (χ1n) is 6.49. The topological polar surface area (TPSA) is 30.5 Å². The standard InChI is InChI=1S/C14H19NO2/c1-2-12-8-13(3-4-14(12)15-6-1)17-10-11-5-7-16-9-11/h3-4,8,11,15H,1-2,5-7,9-10H2. The summed E-state index contributed by atoms with van der Waals surface area (Å²) in [4.78, 5) is 0. The van der Waals surface area contributed by atoms with Crippen LogP contribution < -0.4 is 10.1 Å². The first kappa shape index (κ1) is 10.9. The Morgan fingerprint density at radius 2 is 2.41 bits per heavy atom. The second-order valence-electron chi connectivity index (χ2n) is 4.89. The Kier molecular flexibility index (Phi) is 3.18. The van der Waals surface area contributed by atoms with Gasteiger partial charge in [-0.2, -0.15) is 0 Å². The molecule has 3 heteroatoms. The van der Waals surface area contributed by atoms with E-state index in [0.29, 0.717) is 5.92 Å². The number of hydrogen-bond acceptors (Lipinski definition) is 3. The summed E-state index contributed by atoms with van der Waals surface area (Å²) in [5.41, 5.74) is 2.66. The highest BCUT2D eigenvalue weighted by Crippen LogP contribution is 2.26. The smallest absolute Gasteiger partial charge is 0.119 e. The van der Waals surface area contributed by atoms with Crippen molar-refractivity contribution in [3.8, 4) is 5.75 Å². The summed E-state index contributed by atoms with van der Waals surface area (Å²) in [7, 11) is 0.